The van der Waals surface area contributed by atoms with Crippen LogP contribution in [0.2, 0.25) is 0 Å². The molecule has 1 fully saturated rings. The van der Waals surface area contributed by atoms with Crippen LogP contribution in [0, 0.1) is 24.0 Å². The quantitative estimate of drug-likeness (QED) is 0.193. The molecule has 1 aromatic heterocycles. The third-order valence-corrected chi connectivity index (χ3v) is 5.20. The van der Waals surface area contributed by atoms with Crippen molar-refractivity contribution in [2.45, 2.75) is 13.8 Å². The molecule has 1 N–H and O–H groups in total. The molecule has 1 aliphatic heterocycles. The largest absolute Gasteiger partial charge is 0.439 e. The number of hydrogen-bond donors (Lipinski definition) is 1. The molecule has 0 saturated carbocycles. The number of aromatic nitrogens is 1. The van der Waals surface area contributed by atoms with Gasteiger partial charge >= 0.3 is 0 Å². The van der Waals surface area contributed by atoms with Gasteiger partial charge in [-0.05, 0) is 73.1 Å². The van der Waals surface area contributed by atoms with Crippen molar-refractivity contribution in [3.05, 3.63) is 93.2 Å². The number of benzene rings is 2. The van der Waals surface area contributed by atoms with E-state index in [1.165, 1.54) is 23.1 Å². The van der Waals surface area contributed by atoms with Crippen molar-refractivity contribution in [3.8, 4) is 11.6 Å². The highest BCUT2D eigenvalue weighted by Crippen LogP contribution is 2.26. The van der Waals surface area contributed by atoms with Crippen LogP contribution in [-0.4, -0.2) is 26.8 Å². The fraction of sp³-hybridized carbons (Fsp3) is 0.0833. The number of nitrogens with zero attached hydrogens (tertiary/aromatic N) is 3. The van der Waals surface area contributed by atoms with Crippen LogP contribution >= 0.6 is 12.2 Å². The van der Waals surface area contributed by atoms with Gasteiger partial charge in [-0.1, -0.05) is 18.2 Å². The first-order valence-corrected chi connectivity index (χ1v) is 10.5. The summed E-state index contributed by atoms with van der Waals surface area (Å²) in [6.45, 7) is 3.83. The Balaban J connectivity index is 1.56. The molecule has 9 nitrogen and oxygen atoms in total. The van der Waals surface area contributed by atoms with Crippen LogP contribution < -0.4 is 15.0 Å². The van der Waals surface area contributed by atoms with Crippen molar-refractivity contribution < 1.29 is 19.2 Å². The average molecular weight is 474 g/mol. The van der Waals surface area contributed by atoms with E-state index in [2.05, 4.69) is 10.3 Å². The molecule has 2 amide bonds. The molecular weight excluding hydrogens is 456 g/mol. The Hall–Kier alpha value is -4.44. The Morgan fingerprint density at radius 2 is 1.74 bits per heavy atom. The second kappa shape index (κ2) is 9.20. The minimum atomic E-state index is -0.578. The van der Waals surface area contributed by atoms with Crippen molar-refractivity contribution in [1.82, 2.24) is 10.3 Å². The lowest BCUT2D eigenvalue weighted by atomic mass is 10.1. The van der Waals surface area contributed by atoms with E-state index >= 15 is 0 Å². The molecule has 2 aromatic carbocycles. The summed E-state index contributed by atoms with van der Waals surface area (Å²) in [6.07, 6.45) is 2.58. The molecule has 4 rings (SSSR count). The van der Waals surface area contributed by atoms with Crippen molar-refractivity contribution >= 4 is 46.6 Å². The van der Waals surface area contributed by atoms with Crippen molar-refractivity contribution in [1.29, 1.82) is 0 Å². The lowest BCUT2D eigenvalue weighted by Crippen LogP contribution is -2.54. The molecule has 10 heteroatoms. The Kier molecular flexibility index (Phi) is 6.15. The number of ether oxygens (including phenoxy) is 1. The minimum Gasteiger partial charge on any atom is -0.439 e. The summed E-state index contributed by atoms with van der Waals surface area (Å²) in [5.41, 5.74) is 2.91. The van der Waals surface area contributed by atoms with Gasteiger partial charge in [0, 0.05) is 12.1 Å². The van der Waals surface area contributed by atoms with Crippen molar-refractivity contribution in [2.24, 2.45) is 0 Å². The van der Waals surface area contributed by atoms with Gasteiger partial charge in [0.2, 0.25) is 5.88 Å². The molecule has 0 bridgehead atoms. The molecule has 0 unspecified atom stereocenters. The molecule has 2 heterocycles. The van der Waals surface area contributed by atoms with Gasteiger partial charge in [0.25, 0.3) is 17.5 Å². The first-order chi connectivity index (χ1) is 16.2. The highest BCUT2D eigenvalue weighted by atomic mass is 32.1. The van der Waals surface area contributed by atoms with Crippen LogP contribution in [-0.2, 0) is 9.59 Å². The number of anilines is 1. The summed E-state index contributed by atoms with van der Waals surface area (Å²) in [5, 5.41) is 13.3. The van der Waals surface area contributed by atoms with E-state index < -0.39 is 16.7 Å². The number of amides is 2. The predicted octanol–water partition coefficient (Wildman–Crippen LogP) is 4.23. The smallest absolute Gasteiger partial charge is 0.287 e. The van der Waals surface area contributed by atoms with Crippen LogP contribution in [0.4, 0.5) is 11.4 Å². The summed E-state index contributed by atoms with van der Waals surface area (Å²) in [6, 6.07) is 14.9. The number of aryl methyl sites for hydroxylation is 2. The minimum absolute atomic E-state index is 0.0245. The summed E-state index contributed by atoms with van der Waals surface area (Å²) >= 11 is 5.26. The van der Waals surface area contributed by atoms with Gasteiger partial charge in [0.15, 0.2) is 5.11 Å². The van der Waals surface area contributed by atoms with E-state index in [0.717, 1.165) is 17.3 Å². The molecule has 1 aliphatic rings. The third-order valence-electron chi connectivity index (χ3n) is 4.91. The van der Waals surface area contributed by atoms with Gasteiger partial charge in [0.1, 0.15) is 17.5 Å². The maximum atomic E-state index is 13.2. The molecule has 170 valence electrons. The van der Waals surface area contributed by atoms with E-state index in [4.69, 9.17) is 17.0 Å². The summed E-state index contributed by atoms with van der Waals surface area (Å²) in [4.78, 5) is 41.1. The molecular formula is C24H18N4O5S. The first-order valence-electron chi connectivity index (χ1n) is 10.1. The molecule has 3 aromatic rings. The van der Waals surface area contributed by atoms with Gasteiger partial charge in [-0.25, -0.2) is 4.98 Å². The zero-order valence-electron chi connectivity index (χ0n) is 18.1. The zero-order valence-corrected chi connectivity index (χ0v) is 19.0. The number of hydrogen-bond acceptors (Lipinski definition) is 7. The highest BCUT2D eigenvalue weighted by Gasteiger charge is 2.34. The van der Waals surface area contributed by atoms with E-state index in [-0.39, 0.29) is 22.3 Å². The summed E-state index contributed by atoms with van der Waals surface area (Å²) in [7, 11) is 0. The third kappa shape index (κ3) is 4.81. The van der Waals surface area contributed by atoms with Crippen LogP contribution in [0.5, 0.6) is 11.6 Å². The second-order valence-corrected chi connectivity index (χ2v) is 7.97. The lowest BCUT2D eigenvalue weighted by molar-refractivity contribution is -0.385. The molecule has 34 heavy (non-hydrogen) atoms. The van der Waals surface area contributed by atoms with Crippen LogP contribution in [0.1, 0.15) is 16.7 Å². The fourth-order valence-corrected chi connectivity index (χ4v) is 3.71. The number of carbonyl (C=O) groups is 2. The first kappa shape index (κ1) is 22.7. The van der Waals surface area contributed by atoms with E-state index in [9.17, 15) is 19.7 Å². The lowest BCUT2D eigenvalue weighted by Gasteiger charge is -2.29. The average Bonchev–Trinajstić information content (AvgIpc) is 2.77. The SMILES string of the molecule is Cc1cc(C)cc(N2C(=O)C(=Cc3ccc(Oc4ccc([N+](=O)[O-])cn4)cc3)C(=O)NC2=S)c1. The highest BCUT2D eigenvalue weighted by molar-refractivity contribution is 7.80. The number of nitrogens with one attached hydrogen (secondary N) is 1. The van der Waals surface area contributed by atoms with Crippen LogP contribution in [0.15, 0.2) is 66.4 Å². The van der Waals surface area contributed by atoms with Gasteiger partial charge in [-0.15, -0.1) is 0 Å². The number of thiocarbonyl (C=S) groups is 1. The van der Waals surface area contributed by atoms with Crippen molar-refractivity contribution in [2.75, 3.05) is 4.90 Å². The second-order valence-electron chi connectivity index (χ2n) is 7.59. The van der Waals surface area contributed by atoms with Gasteiger partial charge < -0.3 is 4.74 Å². The molecule has 0 aliphatic carbocycles. The monoisotopic (exact) mass is 474 g/mol. The summed E-state index contributed by atoms with van der Waals surface area (Å²) in [5.74, 6) is -0.475. The van der Waals surface area contributed by atoms with Gasteiger partial charge in [-0.2, -0.15) is 0 Å². The molecule has 0 radical (unpaired) electrons. The van der Waals surface area contributed by atoms with Gasteiger partial charge in [-0.3, -0.25) is 29.9 Å². The maximum Gasteiger partial charge on any atom is 0.287 e. The van der Waals surface area contributed by atoms with Crippen LogP contribution in [0.3, 0.4) is 0 Å². The topological polar surface area (TPSA) is 115 Å². The number of rotatable bonds is 5. The zero-order chi connectivity index (χ0) is 24.4. The molecule has 0 spiro atoms. The fourth-order valence-electron chi connectivity index (χ4n) is 3.43. The Morgan fingerprint density at radius 3 is 2.32 bits per heavy atom. The Labute approximate surface area is 199 Å². The molecule has 1 saturated heterocycles. The number of pyridine rings is 1. The normalized spacial score (nSPS) is 14.8. The standard InChI is InChI=1S/C24H18N4O5S/c1-14-9-15(2)11-18(10-14)27-23(30)20(22(29)26-24(27)34)12-16-3-6-19(7-4-16)33-21-8-5-17(13-25-21)28(31)32/h3-13H,1-2H3,(H,26,29,34). The number of carbonyl (C=O) groups excluding carboxylic acids is 2. The van der Waals surface area contributed by atoms with Crippen molar-refractivity contribution in [3.63, 3.8) is 0 Å². The van der Waals surface area contributed by atoms with Gasteiger partial charge in [0.05, 0.1) is 10.6 Å². The van der Waals surface area contributed by atoms with E-state index in [0.29, 0.717) is 17.0 Å². The predicted molar refractivity (Wildman–Crippen MR) is 130 cm³/mol. The number of nitro groups is 1. The van der Waals surface area contributed by atoms with E-state index in [1.54, 1.807) is 24.3 Å². The Bertz CT molecular complexity index is 1330. The van der Waals surface area contributed by atoms with E-state index in [1.807, 2.05) is 32.0 Å². The maximum absolute atomic E-state index is 13.2. The Morgan fingerprint density at radius 1 is 1.06 bits per heavy atom. The summed E-state index contributed by atoms with van der Waals surface area (Å²) < 4.78 is 5.59. The van der Waals surface area contributed by atoms with Crippen LogP contribution in [0.25, 0.3) is 6.08 Å². The molecule has 0 atom stereocenters.